The van der Waals surface area contributed by atoms with Gasteiger partial charge in [0.2, 0.25) is 0 Å². The number of aliphatic hydroxyl groups excluding tert-OH is 1. The molecule has 0 aromatic heterocycles. The van der Waals surface area contributed by atoms with Gasteiger partial charge in [0, 0.05) is 0 Å². The third-order valence-electron chi connectivity index (χ3n) is 1.87. The Bertz CT molecular complexity index is 347. The molecule has 1 unspecified atom stereocenters. The minimum Gasteiger partial charge on any atom is -0.393 e. The second kappa shape index (κ2) is 4.41. The first kappa shape index (κ1) is 12.3. The van der Waals surface area contributed by atoms with Crippen LogP contribution in [0.25, 0.3) is 0 Å². The number of halogens is 4. The highest BCUT2D eigenvalue weighted by molar-refractivity contribution is 6.31. The molecular weight excluding hydrogens is 229 g/mol. The van der Waals surface area contributed by atoms with Gasteiger partial charge in [-0.15, -0.1) is 0 Å². The van der Waals surface area contributed by atoms with E-state index in [4.69, 9.17) is 16.7 Å². The summed E-state index contributed by atoms with van der Waals surface area (Å²) in [5.74, 6) is 0. The lowest BCUT2D eigenvalue weighted by Gasteiger charge is -2.11. The number of rotatable bonds is 2. The van der Waals surface area contributed by atoms with Gasteiger partial charge in [0.25, 0.3) is 0 Å². The summed E-state index contributed by atoms with van der Waals surface area (Å²) in [4.78, 5) is 0. The van der Waals surface area contributed by atoms with Crippen LogP contribution < -0.4 is 0 Å². The molecule has 0 aliphatic rings. The predicted octanol–water partition coefficient (Wildman–Crippen LogP) is 3.28. The molecule has 0 spiro atoms. The normalized spacial score (nSPS) is 14.0. The molecule has 1 atom stereocenters. The summed E-state index contributed by atoms with van der Waals surface area (Å²) in [5, 5.41) is 8.73. The number of alkyl halides is 3. The van der Waals surface area contributed by atoms with Crippen LogP contribution in [0.1, 0.15) is 18.1 Å². The molecule has 0 saturated heterocycles. The maximum absolute atomic E-state index is 12.4. The molecule has 84 valence electrons. The van der Waals surface area contributed by atoms with E-state index in [0.29, 0.717) is 5.56 Å². The van der Waals surface area contributed by atoms with E-state index in [1.165, 1.54) is 19.1 Å². The van der Waals surface area contributed by atoms with Crippen molar-refractivity contribution in [3.8, 4) is 0 Å². The van der Waals surface area contributed by atoms with Crippen LogP contribution in [0.15, 0.2) is 18.2 Å². The monoisotopic (exact) mass is 238 g/mol. The van der Waals surface area contributed by atoms with Crippen molar-refractivity contribution in [3.63, 3.8) is 0 Å². The maximum Gasteiger partial charge on any atom is 0.417 e. The highest BCUT2D eigenvalue weighted by atomic mass is 35.5. The Morgan fingerprint density at radius 2 is 2.00 bits per heavy atom. The van der Waals surface area contributed by atoms with Gasteiger partial charge in [0.15, 0.2) is 0 Å². The Kier molecular flexibility index (Phi) is 3.62. The molecule has 1 N–H and O–H groups in total. The second-order valence-electron chi connectivity index (χ2n) is 3.37. The molecular formula is C10H10ClF3O. The van der Waals surface area contributed by atoms with Gasteiger partial charge in [-0.1, -0.05) is 17.7 Å². The Morgan fingerprint density at radius 3 is 2.47 bits per heavy atom. The van der Waals surface area contributed by atoms with Gasteiger partial charge in [-0.3, -0.25) is 0 Å². The van der Waals surface area contributed by atoms with Crippen LogP contribution in [0.4, 0.5) is 13.2 Å². The number of hydrogen-bond donors (Lipinski definition) is 1. The highest BCUT2D eigenvalue weighted by Crippen LogP contribution is 2.35. The van der Waals surface area contributed by atoms with E-state index < -0.39 is 17.8 Å². The first-order chi connectivity index (χ1) is 6.80. The van der Waals surface area contributed by atoms with E-state index >= 15 is 0 Å². The molecule has 15 heavy (non-hydrogen) atoms. The summed E-state index contributed by atoms with van der Waals surface area (Å²) < 4.78 is 37.3. The van der Waals surface area contributed by atoms with E-state index in [-0.39, 0.29) is 11.4 Å². The molecule has 1 aromatic rings. The number of aliphatic hydroxyl groups is 1. The Hall–Kier alpha value is -0.740. The summed E-state index contributed by atoms with van der Waals surface area (Å²) in [6.45, 7) is 1.52. The minimum atomic E-state index is -4.45. The average molecular weight is 239 g/mol. The van der Waals surface area contributed by atoms with Crippen LogP contribution in [0.3, 0.4) is 0 Å². The molecule has 0 radical (unpaired) electrons. The van der Waals surface area contributed by atoms with Gasteiger partial charge in [0.1, 0.15) is 0 Å². The van der Waals surface area contributed by atoms with E-state index in [2.05, 4.69) is 0 Å². The summed E-state index contributed by atoms with van der Waals surface area (Å²) in [6.07, 6.45) is -4.95. The number of hydrogen-bond acceptors (Lipinski definition) is 1. The van der Waals surface area contributed by atoms with Crippen molar-refractivity contribution < 1.29 is 18.3 Å². The van der Waals surface area contributed by atoms with Crippen LogP contribution in [0, 0.1) is 0 Å². The molecule has 0 heterocycles. The zero-order valence-corrected chi connectivity index (χ0v) is 8.73. The van der Waals surface area contributed by atoms with Gasteiger partial charge in [-0.05, 0) is 31.0 Å². The topological polar surface area (TPSA) is 20.2 Å². The molecule has 0 fully saturated rings. The zero-order valence-electron chi connectivity index (χ0n) is 7.98. The van der Waals surface area contributed by atoms with Crippen LogP contribution in [-0.2, 0) is 12.6 Å². The molecule has 1 nitrogen and oxygen atoms in total. The fourth-order valence-electron chi connectivity index (χ4n) is 1.26. The van der Waals surface area contributed by atoms with E-state index in [1.807, 2.05) is 0 Å². The molecule has 0 amide bonds. The fraction of sp³-hybridized carbons (Fsp3) is 0.400. The predicted molar refractivity (Wildman–Crippen MR) is 51.8 cm³/mol. The van der Waals surface area contributed by atoms with Crippen molar-refractivity contribution >= 4 is 11.6 Å². The molecule has 0 bridgehead atoms. The molecule has 1 aromatic carbocycles. The van der Waals surface area contributed by atoms with E-state index in [9.17, 15) is 13.2 Å². The van der Waals surface area contributed by atoms with Crippen molar-refractivity contribution in [1.29, 1.82) is 0 Å². The molecule has 5 heteroatoms. The van der Waals surface area contributed by atoms with Crippen LogP contribution in [-0.4, -0.2) is 11.2 Å². The average Bonchev–Trinajstić information content (AvgIpc) is 2.05. The van der Waals surface area contributed by atoms with Crippen LogP contribution in [0.5, 0.6) is 0 Å². The first-order valence-corrected chi connectivity index (χ1v) is 4.72. The van der Waals surface area contributed by atoms with Crippen LogP contribution in [0.2, 0.25) is 5.02 Å². The third kappa shape index (κ3) is 3.39. The van der Waals surface area contributed by atoms with Gasteiger partial charge in [-0.2, -0.15) is 13.2 Å². The molecule has 0 saturated carbocycles. The standard InChI is InChI=1S/C10H10ClF3O/c1-6(15)4-7-2-3-9(11)8(5-7)10(12,13)14/h2-3,5-6,15H,4H2,1H3. The Labute approximate surface area is 90.5 Å². The second-order valence-corrected chi connectivity index (χ2v) is 3.77. The van der Waals surface area contributed by atoms with Crippen molar-refractivity contribution in [2.75, 3.05) is 0 Å². The summed E-state index contributed by atoms with van der Waals surface area (Å²) in [6, 6.07) is 3.64. The van der Waals surface area contributed by atoms with Gasteiger partial charge in [0.05, 0.1) is 16.7 Å². The Morgan fingerprint density at radius 1 is 1.40 bits per heavy atom. The minimum absolute atomic E-state index is 0.181. The molecule has 0 aliphatic heterocycles. The van der Waals surface area contributed by atoms with Gasteiger partial charge < -0.3 is 5.11 Å². The Balaban J connectivity index is 3.06. The first-order valence-electron chi connectivity index (χ1n) is 4.34. The summed E-state index contributed by atoms with van der Waals surface area (Å²) in [5.41, 5.74) is -0.441. The van der Waals surface area contributed by atoms with E-state index in [1.54, 1.807) is 0 Å². The van der Waals surface area contributed by atoms with Crippen molar-refractivity contribution in [3.05, 3.63) is 34.3 Å². The van der Waals surface area contributed by atoms with Gasteiger partial charge >= 0.3 is 6.18 Å². The molecule has 1 rings (SSSR count). The number of benzene rings is 1. The fourth-order valence-corrected chi connectivity index (χ4v) is 1.48. The maximum atomic E-state index is 12.4. The SMILES string of the molecule is CC(O)Cc1ccc(Cl)c(C(F)(F)F)c1. The lowest BCUT2D eigenvalue weighted by atomic mass is 10.1. The van der Waals surface area contributed by atoms with Crippen LogP contribution >= 0.6 is 11.6 Å². The summed E-state index contributed by atoms with van der Waals surface area (Å²) in [7, 11) is 0. The van der Waals surface area contributed by atoms with Gasteiger partial charge in [-0.25, -0.2) is 0 Å². The van der Waals surface area contributed by atoms with Crippen molar-refractivity contribution in [1.82, 2.24) is 0 Å². The lowest BCUT2D eigenvalue weighted by molar-refractivity contribution is -0.137. The summed E-state index contributed by atoms with van der Waals surface area (Å²) >= 11 is 5.43. The van der Waals surface area contributed by atoms with E-state index in [0.717, 1.165) is 6.07 Å². The smallest absolute Gasteiger partial charge is 0.393 e. The highest BCUT2D eigenvalue weighted by Gasteiger charge is 2.33. The van der Waals surface area contributed by atoms with Crippen molar-refractivity contribution in [2.45, 2.75) is 25.6 Å². The third-order valence-corrected chi connectivity index (χ3v) is 2.20. The lowest BCUT2D eigenvalue weighted by Crippen LogP contribution is -2.09. The largest absolute Gasteiger partial charge is 0.417 e. The quantitative estimate of drug-likeness (QED) is 0.838. The van der Waals surface area contributed by atoms with Crippen molar-refractivity contribution in [2.24, 2.45) is 0 Å². The zero-order chi connectivity index (χ0) is 11.6. The molecule has 0 aliphatic carbocycles.